The summed E-state index contributed by atoms with van der Waals surface area (Å²) in [5.41, 5.74) is 3.37. The normalized spacial score (nSPS) is 15.7. The van der Waals surface area contributed by atoms with E-state index in [-0.39, 0.29) is 18.3 Å². The molecule has 0 aromatic heterocycles. The number of hydrogen-bond donors (Lipinski definition) is 1. The molecule has 0 unspecified atom stereocenters. The molecule has 0 aliphatic carbocycles. The van der Waals surface area contributed by atoms with Crippen molar-refractivity contribution in [3.8, 4) is 5.75 Å². The lowest BCUT2D eigenvalue weighted by Gasteiger charge is -2.17. The fourth-order valence-electron chi connectivity index (χ4n) is 2.82. The number of rotatable bonds is 5. The van der Waals surface area contributed by atoms with Gasteiger partial charge in [0.15, 0.2) is 6.61 Å². The summed E-state index contributed by atoms with van der Waals surface area (Å²) in [7, 11) is -3.24. The number of amides is 1. The summed E-state index contributed by atoms with van der Waals surface area (Å²) in [6, 6.07) is 12.5. The number of sulfonamides is 1. The van der Waals surface area contributed by atoms with Crippen LogP contribution in [0.4, 0.5) is 11.4 Å². The van der Waals surface area contributed by atoms with Gasteiger partial charge in [-0.15, -0.1) is 0 Å². The van der Waals surface area contributed by atoms with E-state index in [4.69, 9.17) is 4.74 Å². The van der Waals surface area contributed by atoms with Crippen LogP contribution in [0.2, 0.25) is 0 Å². The molecular weight excluding hydrogens is 352 g/mol. The van der Waals surface area contributed by atoms with Gasteiger partial charge in [-0.2, -0.15) is 0 Å². The number of ether oxygens (including phenoxy) is 1. The lowest BCUT2D eigenvalue weighted by molar-refractivity contribution is -0.118. The quantitative estimate of drug-likeness (QED) is 0.873. The van der Waals surface area contributed by atoms with Gasteiger partial charge in [0.25, 0.3) is 5.91 Å². The van der Waals surface area contributed by atoms with Crippen LogP contribution >= 0.6 is 0 Å². The SMILES string of the molecule is Cc1ccc(OCC(=O)Nc2cccc(N3CCCS3(=O)=O)c2)cc1C. The molecule has 2 aromatic carbocycles. The number of benzene rings is 2. The van der Waals surface area contributed by atoms with Gasteiger partial charge in [0.1, 0.15) is 5.75 Å². The molecule has 1 heterocycles. The zero-order valence-corrected chi connectivity index (χ0v) is 15.7. The molecule has 0 saturated carbocycles. The van der Waals surface area contributed by atoms with Gasteiger partial charge < -0.3 is 10.1 Å². The molecule has 3 rings (SSSR count). The Morgan fingerprint density at radius 3 is 2.65 bits per heavy atom. The molecule has 1 saturated heterocycles. The van der Waals surface area contributed by atoms with Crippen LogP contribution in [0, 0.1) is 13.8 Å². The predicted octanol–water partition coefficient (Wildman–Crippen LogP) is 2.86. The Balaban J connectivity index is 1.62. The molecule has 2 aromatic rings. The molecule has 1 N–H and O–H groups in total. The number of carbonyl (C=O) groups is 1. The van der Waals surface area contributed by atoms with Crippen molar-refractivity contribution in [2.24, 2.45) is 0 Å². The molecule has 6 nitrogen and oxygen atoms in total. The first-order chi connectivity index (χ1) is 12.3. The van der Waals surface area contributed by atoms with E-state index in [1.807, 2.05) is 32.0 Å². The third-order valence-corrected chi connectivity index (χ3v) is 6.24. The fourth-order valence-corrected chi connectivity index (χ4v) is 4.37. The highest BCUT2D eigenvalue weighted by Crippen LogP contribution is 2.26. The maximum Gasteiger partial charge on any atom is 0.262 e. The van der Waals surface area contributed by atoms with Gasteiger partial charge in [-0.25, -0.2) is 8.42 Å². The number of aryl methyl sites for hydroxylation is 2. The van der Waals surface area contributed by atoms with E-state index >= 15 is 0 Å². The van der Waals surface area contributed by atoms with Gasteiger partial charge >= 0.3 is 0 Å². The average molecular weight is 374 g/mol. The molecule has 26 heavy (non-hydrogen) atoms. The first-order valence-corrected chi connectivity index (χ1v) is 10.1. The second-order valence-electron chi connectivity index (χ2n) is 6.37. The summed E-state index contributed by atoms with van der Waals surface area (Å²) in [6.07, 6.45) is 0.614. The Hall–Kier alpha value is -2.54. The third-order valence-electron chi connectivity index (χ3n) is 4.37. The predicted molar refractivity (Wildman–Crippen MR) is 102 cm³/mol. The Kier molecular flexibility index (Phi) is 5.18. The van der Waals surface area contributed by atoms with Gasteiger partial charge in [-0.3, -0.25) is 9.10 Å². The largest absolute Gasteiger partial charge is 0.484 e. The minimum atomic E-state index is -3.24. The number of hydrogen-bond acceptors (Lipinski definition) is 4. The van der Waals surface area contributed by atoms with Crippen LogP contribution in [-0.2, 0) is 14.8 Å². The Bertz CT molecular complexity index is 925. The minimum Gasteiger partial charge on any atom is -0.484 e. The number of anilines is 2. The van der Waals surface area contributed by atoms with Crippen molar-refractivity contribution in [2.75, 3.05) is 28.5 Å². The lowest BCUT2D eigenvalue weighted by atomic mass is 10.1. The summed E-state index contributed by atoms with van der Waals surface area (Å²) in [4.78, 5) is 12.1. The molecule has 1 aliphatic heterocycles. The molecule has 0 spiro atoms. The van der Waals surface area contributed by atoms with Crippen LogP contribution in [0.15, 0.2) is 42.5 Å². The Morgan fingerprint density at radius 2 is 1.96 bits per heavy atom. The lowest BCUT2D eigenvalue weighted by Crippen LogP contribution is -2.25. The van der Waals surface area contributed by atoms with E-state index in [0.29, 0.717) is 30.1 Å². The van der Waals surface area contributed by atoms with Crippen LogP contribution in [-0.4, -0.2) is 33.2 Å². The highest BCUT2D eigenvalue weighted by molar-refractivity contribution is 7.93. The molecule has 0 bridgehead atoms. The van der Waals surface area contributed by atoms with E-state index in [1.54, 1.807) is 24.3 Å². The van der Waals surface area contributed by atoms with E-state index in [2.05, 4.69) is 5.32 Å². The second-order valence-corrected chi connectivity index (χ2v) is 8.39. The van der Waals surface area contributed by atoms with Crippen LogP contribution in [0.25, 0.3) is 0 Å². The van der Waals surface area contributed by atoms with Crippen molar-refractivity contribution in [1.82, 2.24) is 0 Å². The van der Waals surface area contributed by atoms with Crippen LogP contribution in [0.3, 0.4) is 0 Å². The summed E-state index contributed by atoms with van der Waals surface area (Å²) in [5.74, 6) is 0.498. The Morgan fingerprint density at radius 1 is 1.15 bits per heavy atom. The highest BCUT2D eigenvalue weighted by Gasteiger charge is 2.28. The fraction of sp³-hybridized carbons (Fsp3) is 0.316. The van der Waals surface area contributed by atoms with Crippen molar-refractivity contribution in [1.29, 1.82) is 0 Å². The summed E-state index contributed by atoms with van der Waals surface area (Å²) in [6.45, 7) is 4.35. The summed E-state index contributed by atoms with van der Waals surface area (Å²) < 4.78 is 31.0. The topological polar surface area (TPSA) is 75.7 Å². The summed E-state index contributed by atoms with van der Waals surface area (Å²) >= 11 is 0. The van der Waals surface area contributed by atoms with Crippen molar-refractivity contribution < 1.29 is 17.9 Å². The maximum absolute atomic E-state index is 12.1. The first-order valence-electron chi connectivity index (χ1n) is 8.45. The third kappa shape index (κ3) is 4.16. The van der Waals surface area contributed by atoms with E-state index in [9.17, 15) is 13.2 Å². The molecular formula is C19H22N2O4S. The number of nitrogens with zero attached hydrogens (tertiary/aromatic N) is 1. The Labute approximate surface area is 153 Å². The zero-order chi connectivity index (χ0) is 18.7. The monoisotopic (exact) mass is 374 g/mol. The highest BCUT2D eigenvalue weighted by atomic mass is 32.2. The molecule has 7 heteroatoms. The molecule has 1 fully saturated rings. The average Bonchev–Trinajstić information content (AvgIpc) is 2.95. The van der Waals surface area contributed by atoms with Gasteiger partial charge in [-0.1, -0.05) is 12.1 Å². The molecule has 0 atom stereocenters. The second kappa shape index (κ2) is 7.37. The van der Waals surface area contributed by atoms with Gasteiger partial charge in [0.05, 0.1) is 11.4 Å². The molecule has 1 amide bonds. The zero-order valence-electron chi connectivity index (χ0n) is 14.9. The van der Waals surface area contributed by atoms with Crippen molar-refractivity contribution in [3.63, 3.8) is 0 Å². The molecule has 0 radical (unpaired) electrons. The van der Waals surface area contributed by atoms with E-state index in [1.165, 1.54) is 4.31 Å². The number of carbonyl (C=O) groups excluding carboxylic acids is 1. The minimum absolute atomic E-state index is 0.116. The van der Waals surface area contributed by atoms with Crippen molar-refractivity contribution in [2.45, 2.75) is 20.3 Å². The van der Waals surface area contributed by atoms with E-state index in [0.717, 1.165) is 11.1 Å². The smallest absolute Gasteiger partial charge is 0.262 e. The summed E-state index contributed by atoms with van der Waals surface area (Å²) in [5, 5.41) is 2.74. The number of nitrogens with one attached hydrogen (secondary N) is 1. The van der Waals surface area contributed by atoms with Crippen molar-refractivity contribution in [3.05, 3.63) is 53.6 Å². The van der Waals surface area contributed by atoms with E-state index < -0.39 is 10.0 Å². The van der Waals surface area contributed by atoms with Gasteiger partial charge in [-0.05, 0) is 61.7 Å². The maximum atomic E-state index is 12.1. The van der Waals surface area contributed by atoms with Crippen molar-refractivity contribution >= 4 is 27.3 Å². The first kappa shape index (κ1) is 18.3. The van der Waals surface area contributed by atoms with Gasteiger partial charge in [0.2, 0.25) is 10.0 Å². The molecule has 1 aliphatic rings. The van der Waals surface area contributed by atoms with Crippen LogP contribution < -0.4 is 14.4 Å². The standard InChI is InChI=1S/C19H22N2O4S/c1-14-7-8-18(11-15(14)2)25-13-19(22)20-16-5-3-6-17(12-16)21-9-4-10-26(21,23)24/h3,5-8,11-12H,4,9-10,13H2,1-2H3,(H,20,22). The van der Waals surface area contributed by atoms with Crippen LogP contribution in [0.5, 0.6) is 5.75 Å². The van der Waals surface area contributed by atoms with Crippen LogP contribution in [0.1, 0.15) is 17.5 Å². The molecule has 138 valence electrons. The van der Waals surface area contributed by atoms with Gasteiger partial charge in [0, 0.05) is 12.2 Å².